The number of likely N-dealkylation sites (tertiary alicyclic amines) is 1. The van der Waals surface area contributed by atoms with E-state index < -0.39 is 0 Å². The fourth-order valence-corrected chi connectivity index (χ4v) is 3.45. The number of hydrogen-bond donors (Lipinski definition) is 2. The second-order valence-corrected chi connectivity index (χ2v) is 7.12. The molecular weight excluding hydrogens is 318 g/mol. The van der Waals surface area contributed by atoms with E-state index in [0.29, 0.717) is 24.8 Å². The molecule has 3 rings (SSSR count). The number of aliphatic hydroxyl groups is 1. The lowest BCUT2D eigenvalue weighted by molar-refractivity contribution is 0.0683. The van der Waals surface area contributed by atoms with Gasteiger partial charge in [0, 0.05) is 39.0 Å². The van der Waals surface area contributed by atoms with Gasteiger partial charge in [0.2, 0.25) is 0 Å². The van der Waals surface area contributed by atoms with Crippen LogP contribution in [-0.2, 0) is 7.05 Å². The van der Waals surface area contributed by atoms with Gasteiger partial charge in [-0.05, 0) is 51.1 Å². The Hall–Kier alpha value is -2.12. The summed E-state index contributed by atoms with van der Waals surface area (Å²) in [5.74, 6) is 0.0734. The summed E-state index contributed by atoms with van der Waals surface area (Å²) >= 11 is 0. The van der Waals surface area contributed by atoms with E-state index in [4.69, 9.17) is 0 Å². The second kappa shape index (κ2) is 7.41. The van der Waals surface area contributed by atoms with E-state index in [9.17, 15) is 9.90 Å². The normalized spacial score (nSPS) is 21.6. The van der Waals surface area contributed by atoms with Crippen molar-refractivity contribution in [2.75, 3.05) is 33.8 Å². The SMILES string of the molecule is CN(C)[C@@H]1CC[C@H](CO)CN(C(=O)c2cc(-c3cccn3C)n[nH]2)C1. The van der Waals surface area contributed by atoms with Crippen molar-refractivity contribution in [1.82, 2.24) is 24.6 Å². The molecule has 7 nitrogen and oxygen atoms in total. The van der Waals surface area contributed by atoms with Crippen molar-refractivity contribution >= 4 is 5.91 Å². The minimum atomic E-state index is -0.0554. The van der Waals surface area contributed by atoms with Crippen LogP contribution in [0.3, 0.4) is 0 Å². The van der Waals surface area contributed by atoms with E-state index in [-0.39, 0.29) is 18.4 Å². The lowest BCUT2D eigenvalue weighted by Gasteiger charge is -2.28. The monoisotopic (exact) mass is 345 g/mol. The molecule has 25 heavy (non-hydrogen) atoms. The van der Waals surface area contributed by atoms with Crippen LogP contribution in [0.2, 0.25) is 0 Å². The molecule has 7 heteroatoms. The maximum atomic E-state index is 13.0. The third-order valence-corrected chi connectivity index (χ3v) is 5.11. The molecule has 1 saturated heterocycles. The van der Waals surface area contributed by atoms with Gasteiger partial charge in [-0.15, -0.1) is 0 Å². The Morgan fingerprint density at radius 3 is 2.84 bits per heavy atom. The van der Waals surface area contributed by atoms with Crippen LogP contribution in [0.5, 0.6) is 0 Å². The van der Waals surface area contributed by atoms with Gasteiger partial charge in [0.25, 0.3) is 5.91 Å². The van der Waals surface area contributed by atoms with E-state index in [2.05, 4.69) is 15.1 Å². The number of nitrogens with zero attached hydrogens (tertiary/aromatic N) is 4. The van der Waals surface area contributed by atoms with Crippen molar-refractivity contribution in [2.45, 2.75) is 18.9 Å². The first-order chi connectivity index (χ1) is 12.0. The number of nitrogens with one attached hydrogen (secondary N) is 1. The highest BCUT2D eigenvalue weighted by Crippen LogP contribution is 2.22. The molecule has 1 aliphatic heterocycles. The third-order valence-electron chi connectivity index (χ3n) is 5.11. The summed E-state index contributed by atoms with van der Waals surface area (Å²) in [4.78, 5) is 17.0. The van der Waals surface area contributed by atoms with Gasteiger partial charge in [0.05, 0.1) is 5.69 Å². The molecule has 2 aromatic rings. The summed E-state index contributed by atoms with van der Waals surface area (Å²) in [5, 5.41) is 16.8. The number of H-pyrrole nitrogens is 1. The van der Waals surface area contributed by atoms with Crippen molar-refractivity contribution in [3.63, 3.8) is 0 Å². The minimum absolute atomic E-state index is 0.0554. The number of aromatic nitrogens is 3. The van der Waals surface area contributed by atoms with Crippen LogP contribution in [0.25, 0.3) is 11.4 Å². The quantitative estimate of drug-likeness (QED) is 0.873. The largest absolute Gasteiger partial charge is 0.396 e. The summed E-state index contributed by atoms with van der Waals surface area (Å²) < 4.78 is 1.97. The molecule has 0 saturated carbocycles. The Kier molecular flexibility index (Phi) is 5.24. The van der Waals surface area contributed by atoms with Crippen molar-refractivity contribution in [2.24, 2.45) is 13.0 Å². The molecule has 1 aliphatic rings. The van der Waals surface area contributed by atoms with Gasteiger partial charge in [-0.2, -0.15) is 5.10 Å². The van der Waals surface area contributed by atoms with E-state index in [1.54, 1.807) is 6.07 Å². The van der Waals surface area contributed by atoms with Crippen molar-refractivity contribution in [3.05, 3.63) is 30.1 Å². The summed E-state index contributed by atoms with van der Waals surface area (Å²) in [6, 6.07) is 6.03. The number of carbonyl (C=O) groups is 1. The van der Waals surface area contributed by atoms with Gasteiger partial charge in [-0.1, -0.05) is 0 Å². The Morgan fingerprint density at radius 2 is 2.20 bits per heavy atom. The van der Waals surface area contributed by atoms with Gasteiger partial charge in [0.1, 0.15) is 11.4 Å². The Morgan fingerprint density at radius 1 is 1.40 bits per heavy atom. The zero-order valence-electron chi connectivity index (χ0n) is 15.1. The van der Waals surface area contributed by atoms with Crippen LogP contribution in [0, 0.1) is 5.92 Å². The number of aryl methyl sites for hydroxylation is 1. The number of hydrogen-bond acceptors (Lipinski definition) is 4. The standard InChI is InChI=1S/C18H27N5O2/c1-21(2)14-7-6-13(12-24)10-23(11-14)18(25)16-9-15(19-20-16)17-5-4-8-22(17)3/h4-5,8-9,13-14,24H,6-7,10-12H2,1-3H3,(H,19,20)/t13-,14+/m0/s1. The fourth-order valence-electron chi connectivity index (χ4n) is 3.45. The Balaban J connectivity index is 1.80. The molecule has 136 valence electrons. The highest BCUT2D eigenvalue weighted by Gasteiger charge is 2.29. The summed E-state index contributed by atoms with van der Waals surface area (Å²) in [5.41, 5.74) is 2.21. The minimum Gasteiger partial charge on any atom is -0.396 e. The number of likely N-dealkylation sites (N-methyl/N-ethyl adjacent to an activating group) is 1. The molecule has 0 radical (unpaired) electrons. The average Bonchev–Trinajstić information content (AvgIpc) is 3.17. The molecule has 0 aliphatic carbocycles. The van der Waals surface area contributed by atoms with Gasteiger partial charge < -0.3 is 19.5 Å². The molecule has 2 aromatic heterocycles. The molecule has 2 atom stereocenters. The Bertz CT molecular complexity index is 721. The topological polar surface area (TPSA) is 77.4 Å². The number of carbonyl (C=O) groups excluding carboxylic acids is 1. The molecule has 0 spiro atoms. The van der Waals surface area contributed by atoms with Crippen molar-refractivity contribution in [3.8, 4) is 11.4 Å². The number of amides is 1. The average molecular weight is 345 g/mol. The maximum Gasteiger partial charge on any atom is 0.271 e. The van der Waals surface area contributed by atoms with Gasteiger partial charge in [0.15, 0.2) is 0 Å². The van der Waals surface area contributed by atoms with Crippen molar-refractivity contribution in [1.29, 1.82) is 0 Å². The molecule has 1 fully saturated rings. The first-order valence-corrected chi connectivity index (χ1v) is 8.73. The molecule has 0 aromatic carbocycles. The lowest BCUT2D eigenvalue weighted by Crippen LogP contribution is -2.43. The summed E-state index contributed by atoms with van der Waals surface area (Å²) in [6.07, 6.45) is 3.87. The zero-order valence-corrected chi connectivity index (χ0v) is 15.1. The van der Waals surface area contributed by atoms with E-state index >= 15 is 0 Å². The summed E-state index contributed by atoms with van der Waals surface area (Å²) in [6.45, 7) is 1.36. The van der Waals surface area contributed by atoms with E-state index in [0.717, 1.165) is 24.2 Å². The fraction of sp³-hybridized carbons (Fsp3) is 0.556. The van der Waals surface area contributed by atoms with Crippen LogP contribution in [0.4, 0.5) is 0 Å². The molecule has 0 bridgehead atoms. The highest BCUT2D eigenvalue weighted by molar-refractivity contribution is 5.93. The van der Waals surface area contributed by atoms with E-state index in [1.807, 2.05) is 48.9 Å². The number of rotatable bonds is 4. The zero-order chi connectivity index (χ0) is 18.0. The molecule has 1 amide bonds. The van der Waals surface area contributed by atoms with E-state index in [1.165, 1.54) is 0 Å². The maximum absolute atomic E-state index is 13.0. The van der Waals surface area contributed by atoms with Gasteiger partial charge in [-0.3, -0.25) is 9.89 Å². The first kappa shape index (κ1) is 17.7. The lowest BCUT2D eigenvalue weighted by atomic mass is 10.0. The molecular formula is C18H27N5O2. The highest BCUT2D eigenvalue weighted by atomic mass is 16.3. The van der Waals surface area contributed by atoms with Crippen LogP contribution in [0.1, 0.15) is 23.3 Å². The predicted octanol–water partition coefficient (Wildman–Crippen LogP) is 1.19. The van der Waals surface area contributed by atoms with Gasteiger partial charge in [-0.25, -0.2) is 0 Å². The van der Waals surface area contributed by atoms with Crippen molar-refractivity contribution < 1.29 is 9.90 Å². The molecule has 2 N–H and O–H groups in total. The van der Waals surface area contributed by atoms with Gasteiger partial charge >= 0.3 is 0 Å². The predicted molar refractivity (Wildman–Crippen MR) is 96.2 cm³/mol. The molecule has 3 heterocycles. The second-order valence-electron chi connectivity index (χ2n) is 7.12. The van der Waals surface area contributed by atoms with Crippen LogP contribution >= 0.6 is 0 Å². The smallest absolute Gasteiger partial charge is 0.271 e. The third kappa shape index (κ3) is 3.77. The molecule has 0 unspecified atom stereocenters. The number of aliphatic hydroxyl groups excluding tert-OH is 1. The van der Waals surface area contributed by atoms with Crippen LogP contribution in [0.15, 0.2) is 24.4 Å². The van der Waals surface area contributed by atoms with Crippen LogP contribution in [-0.4, -0.2) is 75.4 Å². The van der Waals surface area contributed by atoms with Crippen LogP contribution < -0.4 is 0 Å². The first-order valence-electron chi connectivity index (χ1n) is 8.73. The summed E-state index contributed by atoms with van der Waals surface area (Å²) in [7, 11) is 6.03. The number of aromatic amines is 1. The Labute approximate surface area is 148 Å².